The summed E-state index contributed by atoms with van der Waals surface area (Å²) in [4.78, 5) is 11.8. The van der Waals surface area contributed by atoms with Crippen molar-refractivity contribution < 1.29 is 0 Å². The fourth-order valence-electron chi connectivity index (χ4n) is 1.80. The van der Waals surface area contributed by atoms with Gasteiger partial charge in [-0.25, -0.2) is 4.98 Å². The number of imidazole rings is 1. The molecular weight excluding hydrogens is 198 g/mol. The molecule has 3 aromatic rings. The average Bonchev–Trinajstić information content (AvgIpc) is 2.75. The molecule has 0 bridgehead atoms. The summed E-state index contributed by atoms with van der Waals surface area (Å²) in [6.07, 6.45) is 1.71. The molecule has 78 valence electrons. The SMILES string of the molecule is Cc1cccc(-c2ccc3nc[nH]c3c2)n1. The number of nitrogens with zero attached hydrogens (tertiary/aromatic N) is 2. The molecule has 0 spiro atoms. The second-order valence-electron chi connectivity index (χ2n) is 3.80. The molecular formula is C13H11N3. The fourth-order valence-corrected chi connectivity index (χ4v) is 1.80. The largest absolute Gasteiger partial charge is 0.345 e. The summed E-state index contributed by atoms with van der Waals surface area (Å²) in [6, 6.07) is 12.2. The third-order valence-corrected chi connectivity index (χ3v) is 2.60. The Bertz CT molecular complexity index is 640. The first kappa shape index (κ1) is 9.09. The van der Waals surface area contributed by atoms with Gasteiger partial charge >= 0.3 is 0 Å². The van der Waals surface area contributed by atoms with E-state index in [2.05, 4.69) is 21.0 Å². The van der Waals surface area contributed by atoms with Crippen molar-refractivity contribution in [1.82, 2.24) is 15.0 Å². The zero-order valence-corrected chi connectivity index (χ0v) is 8.94. The lowest BCUT2D eigenvalue weighted by molar-refractivity contribution is 1.21. The number of nitrogens with one attached hydrogen (secondary N) is 1. The number of aromatic nitrogens is 3. The van der Waals surface area contributed by atoms with Crippen molar-refractivity contribution in [3.8, 4) is 11.3 Å². The van der Waals surface area contributed by atoms with Gasteiger partial charge in [0.1, 0.15) is 0 Å². The van der Waals surface area contributed by atoms with Crippen LogP contribution in [0.25, 0.3) is 22.3 Å². The van der Waals surface area contributed by atoms with Gasteiger partial charge in [0.15, 0.2) is 0 Å². The van der Waals surface area contributed by atoms with Crippen LogP contribution in [0.15, 0.2) is 42.7 Å². The third-order valence-electron chi connectivity index (χ3n) is 2.60. The molecule has 0 saturated heterocycles. The molecule has 1 aromatic carbocycles. The number of aryl methyl sites for hydroxylation is 1. The van der Waals surface area contributed by atoms with E-state index >= 15 is 0 Å². The molecule has 0 fully saturated rings. The maximum Gasteiger partial charge on any atom is 0.0931 e. The summed E-state index contributed by atoms with van der Waals surface area (Å²) in [6.45, 7) is 2.00. The molecule has 0 radical (unpaired) electrons. The molecule has 0 aliphatic carbocycles. The van der Waals surface area contributed by atoms with Gasteiger partial charge in [-0.1, -0.05) is 12.1 Å². The summed E-state index contributed by atoms with van der Waals surface area (Å²) in [5.74, 6) is 0. The highest BCUT2D eigenvalue weighted by Crippen LogP contribution is 2.21. The molecule has 16 heavy (non-hydrogen) atoms. The number of pyridine rings is 1. The Morgan fingerprint density at radius 2 is 2.06 bits per heavy atom. The molecule has 0 aliphatic heterocycles. The van der Waals surface area contributed by atoms with Gasteiger partial charge in [-0.2, -0.15) is 0 Å². The van der Waals surface area contributed by atoms with Crippen molar-refractivity contribution in [3.63, 3.8) is 0 Å². The third kappa shape index (κ3) is 1.46. The topological polar surface area (TPSA) is 41.6 Å². The van der Waals surface area contributed by atoms with Crippen LogP contribution in [-0.2, 0) is 0 Å². The van der Waals surface area contributed by atoms with E-state index in [4.69, 9.17) is 0 Å². The van der Waals surface area contributed by atoms with Gasteiger partial charge in [0.25, 0.3) is 0 Å². The second-order valence-corrected chi connectivity index (χ2v) is 3.80. The van der Waals surface area contributed by atoms with E-state index in [1.807, 2.05) is 37.3 Å². The van der Waals surface area contributed by atoms with E-state index in [1.54, 1.807) is 6.33 Å². The summed E-state index contributed by atoms with van der Waals surface area (Å²) in [5, 5.41) is 0. The Hall–Kier alpha value is -2.16. The highest BCUT2D eigenvalue weighted by Gasteiger charge is 2.02. The number of hydrogen-bond acceptors (Lipinski definition) is 2. The molecule has 0 amide bonds. The summed E-state index contributed by atoms with van der Waals surface area (Å²) in [7, 11) is 0. The highest BCUT2D eigenvalue weighted by molar-refractivity contribution is 5.80. The van der Waals surface area contributed by atoms with Gasteiger partial charge in [-0.3, -0.25) is 4.98 Å². The highest BCUT2D eigenvalue weighted by atomic mass is 14.9. The van der Waals surface area contributed by atoms with Crippen molar-refractivity contribution in [3.05, 3.63) is 48.4 Å². The first-order chi connectivity index (χ1) is 7.83. The van der Waals surface area contributed by atoms with Crippen LogP contribution in [0.2, 0.25) is 0 Å². The number of rotatable bonds is 1. The minimum atomic E-state index is 0.983. The normalized spacial score (nSPS) is 10.8. The van der Waals surface area contributed by atoms with Gasteiger partial charge in [-0.15, -0.1) is 0 Å². The molecule has 3 rings (SSSR count). The monoisotopic (exact) mass is 209 g/mol. The smallest absolute Gasteiger partial charge is 0.0931 e. The van der Waals surface area contributed by atoms with Crippen molar-refractivity contribution in [2.24, 2.45) is 0 Å². The Kier molecular flexibility index (Phi) is 1.96. The maximum atomic E-state index is 4.50. The average molecular weight is 209 g/mol. The lowest BCUT2D eigenvalue weighted by Crippen LogP contribution is -1.85. The Labute approximate surface area is 93.2 Å². The molecule has 0 atom stereocenters. The molecule has 2 heterocycles. The minimum Gasteiger partial charge on any atom is -0.345 e. The van der Waals surface area contributed by atoms with E-state index in [9.17, 15) is 0 Å². The molecule has 0 saturated carbocycles. The lowest BCUT2D eigenvalue weighted by Gasteiger charge is -2.01. The van der Waals surface area contributed by atoms with Gasteiger partial charge < -0.3 is 4.98 Å². The van der Waals surface area contributed by atoms with Gasteiger partial charge in [0.2, 0.25) is 0 Å². The van der Waals surface area contributed by atoms with Gasteiger partial charge in [0, 0.05) is 11.3 Å². The molecule has 3 heteroatoms. The van der Waals surface area contributed by atoms with E-state index in [1.165, 1.54) is 0 Å². The number of aromatic amines is 1. The quantitative estimate of drug-likeness (QED) is 0.669. The van der Waals surface area contributed by atoms with Crippen molar-refractivity contribution >= 4 is 11.0 Å². The Morgan fingerprint density at radius 1 is 1.12 bits per heavy atom. The Morgan fingerprint density at radius 3 is 2.94 bits per heavy atom. The predicted octanol–water partition coefficient (Wildman–Crippen LogP) is 2.93. The molecule has 0 aliphatic rings. The lowest BCUT2D eigenvalue weighted by atomic mass is 10.1. The minimum absolute atomic E-state index is 0.983. The number of hydrogen-bond donors (Lipinski definition) is 1. The molecule has 3 nitrogen and oxygen atoms in total. The molecule has 1 N–H and O–H groups in total. The number of benzene rings is 1. The first-order valence-electron chi connectivity index (χ1n) is 5.20. The van der Waals surface area contributed by atoms with Crippen molar-refractivity contribution in [2.45, 2.75) is 6.92 Å². The van der Waals surface area contributed by atoms with E-state index in [0.717, 1.165) is 28.0 Å². The van der Waals surface area contributed by atoms with Crippen LogP contribution in [-0.4, -0.2) is 15.0 Å². The van der Waals surface area contributed by atoms with Crippen LogP contribution in [0.1, 0.15) is 5.69 Å². The van der Waals surface area contributed by atoms with Crippen LogP contribution in [0.4, 0.5) is 0 Å². The first-order valence-corrected chi connectivity index (χ1v) is 5.20. The number of fused-ring (bicyclic) bond motifs is 1. The van der Waals surface area contributed by atoms with Gasteiger partial charge in [-0.05, 0) is 31.2 Å². The summed E-state index contributed by atoms with van der Waals surface area (Å²) in [5.41, 5.74) is 5.16. The van der Waals surface area contributed by atoms with Crippen molar-refractivity contribution in [1.29, 1.82) is 0 Å². The van der Waals surface area contributed by atoms with Crippen LogP contribution < -0.4 is 0 Å². The van der Waals surface area contributed by atoms with Crippen LogP contribution in [0.3, 0.4) is 0 Å². The maximum absolute atomic E-state index is 4.50. The second kappa shape index (κ2) is 3.45. The standard InChI is InChI=1S/C13H11N3/c1-9-3-2-4-11(16-9)10-5-6-12-13(7-10)15-8-14-12/h2-8H,1H3,(H,14,15). The van der Waals surface area contributed by atoms with E-state index in [-0.39, 0.29) is 0 Å². The van der Waals surface area contributed by atoms with E-state index < -0.39 is 0 Å². The summed E-state index contributed by atoms with van der Waals surface area (Å²) < 4.78 is 0. The van der Waals surface area contributed by atoms with Crippen molar-refractivity contribution in [2.75, 3.05) is 0 Å². The van der Waals surface area contributed by atoms with Gasteiger partial charge in [0.05, 0.1) is 23.1 Å². The Balaban J connectivity index is 2.18. The van der Waals surface area contributed by atoms with Crippen LogP contribution >= 0.6 is 0 Å². The van der Waals surface area contributed by atoms with Crippen LogP contribution in [0.5, 0.6) is 0 Å². The molecule has 2 aromatic heterocycles. The zero-order chi connectivity index (χ0) is 11.0. The van der Waals surface area contributed by atoms with Crippen LogP contribution in [0, 0.1) is 6.92 Å². The zero-order valence-electron chi connectivity index (χ0n) is 8.94. The number of H-pyrrole nitrogens is 1. The molecule has 0 unspecified atom stereocenters. The fraction of sp³-hybridized carbons (Fsp3) is 0.0769. The van der Waals surface area contributed by atoms with E-state index in [0.29, 0.717) is 0 Å². The predicted molar refractivity (Wildman–Crippen MR) is 64.1 cm³/mol. The summed E-state index contributed by atoms with van der Waals surface area (Å²) >= 11 is 0.